The van der Waals surface area contributed by atoms with Crippen molar-refractivity contribution in [3.63, 3.8) is 0 Å². The van der Waals surface area contributed by atoms with Crippen LogP contribution in [-0.2, 0) is 34.3 Å². The van der Waals surface area contributed by atoms with Gasteiger partial charge in [0.2, 0.25) is 15.9 Å². The summed E-state index contributed by atoms with van der Waals surface area (Å²) >= 11 is 0. The Morgan fingerprint density at radius 2 is 1.69 bits per heavy atom. The standard InChI is InChI=1S/C38H52N6O6S/c1-7-27(4)36(44-20-19-42(38(44)47)24-33-28(5)17-18-39-29(33)6)37(46)41-34(21-30-11-9-8-10-12-30)35(45)25-43(23-26(2)3)51(49,50)32-15-13-31(14-16-32)22-40-48/h8-18,26-27,34-36,45H,7,19-25H2,1-6H3,(H,41,46)/t27-,34-,35+,36-/m0/s1. The topological polar surface area (TPSA) is 153 Å². The van der Waals surface area contributed by atoms with Crippen molar-refractivity contribution in [3.8, 4) is 0 Å². The van der Waals surface area contributed by atoms with E-state index >= 15 is 0 Å². The van der Waals surface area contributed by atoms with E-state index in [2.05, 4.69) is 15.5 Å². The second kappa shape index (κ2) is 17.8. The van der Waals surface area contributed by atoms with Crippen LogP contribution < -0.4 is 5.32 Å². The number of aromatic nitrogens is 1. The van der Waals surface area contributed by atoms with E-state index in [-0.39, 0.29) is 48.8 Å². The number of aliphatic hydroxyl groups excluding tert-OH is 1. The van der Waals surface area contributed by atoms with E-state index < -0.39 is 34.1 Å². The highest BCUT2D eigenvalue weighted by Crippen LogP contribution is 2.25. The number of aliphatic hydroxyl groups is 1. The monoisotopic (exact) mass is 720 g/mol. The minimum atomic E-state index is -4.06. The van der Waals surface area contributed by atoms with E-state index in [1.54, 1.807) is 28.1 Å². The molecule has 1 aliphatic rings. The summed E-state index contributed by atoms with van der Waals surface area (Å²) in [4.78, 5) is 46.7. The highest BCUT2D eigenvalue weighted by atomic mass is 32.2. The fourth-order valence-corrected chi connectivity index (χ4v) is 8.14. The Hall–Kier alpha value is -4.20. The Balaban J connectivity index is 1.60. The van der Waals surface area contributed by atoms with Crippen LogP contribution in [0.3, 0.4) is 0 Å². The molecule has 0 saturated carbocycles. The van der Waals surface area contributed by atoms with Gasteiger partial charge in [-0.1, -0.05) is 81.8 Å². The number of carbonyl (C=O) groups is 2. The second-order valence-electron chi connectivity index (χ2n) is 13.9. The number of sulfonamides is 1. The smallest absolute Gasteiger partial charge is 0.321 e. The minimum absolute atomic E-state index is 0.0271. The molecule has 276 valence electrons. The number of nitroso groups, excluding NO2 is 1. The second-order valence-corrected chi connectivity index (χ2v) is 15.9. The van der Waals surface area contributed by atoms with Gasteiger partial charge in [-0.25, -0.2) is 13.2 Å². The Morgan fingerprint density at radius 1 is 1.00 bits per heavy atom. The molecule has 3 aromatic rings. The molecule has 2 heterocycles. The van der Waals surface area contributed by atoms with E-state index in [9.17, 15) is 28.0 Å². The molecule has 0 aliphatic carbocycles. The zero-order valence-electron chi connectivity index (χ0n) is 30.5. The van der Waals surface area contributed by atoms with Crippen molar-refractivity contribution < 1.29 is 23.1 Å². The predicted molar refractivity (Wildman–Crippen MR) is 197 cm³/mol. The van der Waals surface area contributed by atoms with E-state index in [0.717, 1.165) is 22.4 Å². The normalized spacial score (nSPS) is 16.0. The molecule has 0 spiro atoms. The third kappa shape index (κ3) is 9.99. The maximum Gasteiger partial charge on any atom is 0.321 e. The molecular formula is C38H52N6O6S. The van der Waals surface area contributed by atoms with Gasteiger partial charge < -0.3 is 20.2 Å². The number of aryl methyl sites for hydroxylation is 2. The van der Waals surface area contributed by atoms with Gasteiger partial charge in [-0.05, 0) is 72.6 Å². The van der Waals surface area contributed by atoms with Crippen molar-refractivity contribution >= 4 is 22.0 Å². The molecule has 51 heavy (non-hydrogen) atoms. The maximum atomic E-state index is 14.3. The van der Waals surface area contributed by atoms with Gasteiger partial charge in [0.15, 0.2) is 0 Å². The molecular weight excluding hydrogens is 669 g/mol. The molecule has 1 saturated heterocycles. The molecule has 2 aromatic carbocycles. The Morgan fingerprint density at radius 3 is 2.29 bits per heavy atom. The summed E-state index contributed by atoms with van der Waals surface area (Å²) in [7, 11) is -4.06. The fraction of sp³-hybridized carbons (Fsp3) is 0.500. The van der Waals surface area contributed by atoms with Crippen molar-refractivity contribution in [2.45, 2.75) is 90.6 Å². The van der Waals surface area contributed by atoms with Crippen LogP contribution in [0.25, 0.3) is 0 Å². The van der Waals surface area contributed by atoms with Crippen LogP contribution in [0.1, 0.15) is 62.1 Å². The number of nitrogens with zero attached hydrogens (tertiary/aromatic N) is 5. The number of benzene rings is 2. The lowest BCUT2D eigenvalue weighted by Crippen LogP contribution is -2.57. The molecule has 1 aromatic heterocycles. The first-order valence-corrected chi connectivity index (χ1v) is 19.1. The number of pyridine rings is 1. The number of nitrogens with one attached hydrogen (secondary N) is 1. The highest BCUT2D eigenvalue weighted by molar-refractivity contribution is 7.89. The average molecular weight is 721 g/mol. The van der Waals surface area contributed by atoms with Crippen molar-refractivity contribution in [1.29, 1.82) is 0 Å². The number of hydrogen-bond acceptors (Lipinski definition) is 8. The van der Waals surface area contributed by atoms with Crippen LogP contribution in [0.5, 0.6) is 0 Å². The first-order valence-electron chi connectivity index (χ1n) is 17.6. The first-order chi connectivity index (χ1) is 24.3. The zero-order valence-corrected chi connectivity index (χ0v) is 31.3. The lowest BCUT2D eigenvalue weighted by Gasteiger charge is -2.35. The number of urea groups is 1. The van der Waals surface area contributed by atoms with Crippen LogP contribution in [0, 0.1) is 30.6 Å². The molecule has 2 N–H and O–H groups in total. The summed E-state index contributed by atoms with van der Waals surface area (Å²) < 4.78 is 29.1. The number of carbonyl (C=O) groups excluding carboxylic acids is 2. The van der Waals surface area contributed by atoms with Gasteiger partial charge in [-0.3, -0.25) is 9.78 Å². The quantitative estimate of drug-likeness (QED) is 0.175. The fourth-order valence-electron chi connectivity index (χ4n) is 6.52. The van der Waals surface area contributed by atoms with E-state index in [4.69, 9.17) is 0 Å². The lowest BCUT2D eigenvalue weighted by atomic mass is 9.95. The molecule has 4 rings (SSSR count). The molecule has 1 aliphatic heterocycles. The largest absolute Gasteiger partial charge is 0.390 e. The van der Waals surface area contributed by atoms with Crippen LogP contribution >= 0.6 is 0 Å². The van der Waals surface area contributed by atoms with Gasteiger partial charge in [0.1, 0.15) is 12.6 Å². The number of hydrogen-bond donors (Lipinski definition) is 2. The van der Waals surface area contributed by atoms with Crippen molar-refractivity contribution in [1.82, 2.24) is 24.4 Å². The summed E-state index contributed by atoms with van der Waals surface area (Å²) in [5.41, 5.74) is 4.32. The van der Waals surface area contributed by atoms with Crippen LogP contribution in [-0.4, -0.2) is 88.9 Å². The summed E-state index contributed by atoms with van der Waals surface area (Å²) in [6.45, 7) is 12.6. The van der Waals surface area contributed by atoms with Crippen molar-refractivity contribution in [3.05, 3.63) is 99.7 Å². The summed E-state index contributed by atoms with van der Waals surface area (Å²) in [6.07, 6.45) is 1.33. The Labute approximate surface area is 302 Å². The number of rotatable bonds is 18. The number of amides is 3. The summed E-state index contributed by atoms with van der Waals surface area (Å²) in [5, 5.41) is 17.7. The van der Waals surface area contributed by atoms with E-state index in [1.807, 2.05) is 77.9 Å². The van der Waals surface area contributed by atoms with Crippen LogP contribution in [0.15, 0.2) is 76.9 Å². The van der Waals surface area contributed by atoms with Gasteiger partial charge >= 0.3 is 6.03 Å². The van der Waals surface area contributed by atoms with Gasteiger partial charge in [0.05, 0.1) is 17.0 Å². The maximum absolute atomic E-state index is 14.3. The van der Waals surface area contributed by atoms with Gasteiger partial charge in [0.25, 0.3) is 0 Å². The molecule has 0 radical (unpaired) electrons. The average Bonchev–Trinajstić information content (AvgIpc) is 3.45. The van der Waals surface area contributed by atoms with Crippen molar-refractivity contribution in [2.24, 2.45) is 17.0 Å². The molecule has 13 heteroatoms. The Kier molecular flexibility index (Phi) is 13.8. The predicted octanol–water partition coefficient (Wildman–Crippen LogP) is 5.05. The zero-order chi connectivity index (χ0) is 37.3. The lowest BCUT2D eigenvalue weighted by molar-refractivity contribution is -0.128. The molecule has 4 atom stereocenters. The third-order valence-corrected chi connectivity index (χ3v) is 11.5. The van der Waals surface area contributed by atoms with E-state index in [0.29, 0.717) is 31.6 Å². The van der Waals surface area contributed by atoms with E-state index in [1.165, 1.54) is 16.4 Å². The van der Waals surface area contributed by atoms with Gasteiger partial charge in [-0.2, -0.15) is 9.21 Å². The summed E-state index contributed by atoms with van der Waals surface area (Å²) in [6, 6.07) is 15.4. The SMILES string of the molecule is CC[C@H](C)[C@@H](C(=O)N[C@@H](Cc1ccccc1)[C@H](O)CN(CC(C)C)S(=O)(=O)c1ccc(CN=O)cc1)N1CCN(Cc2c(C)ccnc2C)C1=O. The molecule has 1 fully saturated rings. The molecule has 3 amide bonds. The molecule has 0 unspecified atom stereocenters. The Bertz CT molecular complexity index is 1720. The van der Waals surface area contributed by atoms with Crippen molar-refractivity contribution in [2.75, 3.05) is 26.2 Å². The highest BCUT2D eigenvalue weighted by Gasteiger charge is 2.41. The minimum Gasteiger partial charge on any atom is -0.390 e. The van der Waals surface area contributed by atoms with Crippen LogP contribution in [0.2, 0.25) is 0 Å². The first kappa shape index (κ1) is 39.6. The summed E-state index contributed by atoms with van der Waals surface area (Å²) in [5.74, 6) is -0.655. The van der Waals surface area contributed by atoms with Crippen LogP contribution in [0.4, 0.5) is 4.79 Å². The third-order valence-electron chi connectivity index (χ3n) is 9.63. The van der Waals surface area contributed by atoms with Gasteiger partial charge in [-0.15, -0.1) is 0 Å². The molecule has 0 bridgehead atoms. The van der Waals surface area contributed by atoms with Gasteiger partial charge in [0, 0.05) is 44.6 Å². The molecule has 12 nitrogen and oxygen atoms in total.